The van der Waals surface area contributed by atoms with E-state index in [-0.39, 0.29) is 18.0 Å². The minimum atomic E-state index is -0.960. The van der Waals surface area contributed by atoms with E-state index in [0.717, 1.165) is 61.2 Å². The number of aromatic nitrogens is 2. The lowest BCUT2D eigenvalue weighted by Gasteiger charge is -2.39. The van der Waals surface area contributed by atoms with Crippen LogP contribution in [0.1, 0.15) is 46.6 Å². The lowest BCUT2D eigenvalue weighted by Crippen LogP contribution is -2.48. The molecule has 0 aliphatic carbocycles. The number of halogens is 3. The van der Waals surface area contributed by atoms with Crippen molar-refractivity contribution in [2.75, 3.05) is 19.7 Å². The van der Waals surface area contributed by atoms with Gasteiger partial charge in [-0.2, -0.15) is 0 Å². The Labute approximate surface area is 262 Å². The van der Waals surface area contributed by atoms with E-state index in [9.17, 15) is 14.3 Å². The van der Waals surface area contributed by atoms with Gasteiger partial charge < -0.3 is 19.1 Å². The number of benzene rings is 3. The second kappa shape index (κ2) is 12.6. The SMILES string of the molecule is O=C(O)c1ccc2nc(CN3CCC(Cc4ccc(F)c(COc5ccc(Cl)cc5Cl)c4)CC3)n(C[C@]3([Si])CCO3)c2c1. The first-order valence-electron chi connectivity index (χ1n) is 14.3. The minimum absolute atomic E-state index is 0.0784. The molecule has 1 atom stereocenters. The highest BCUT2D eigenvalue weighted by molar-refractivity contribution is 6.35. The summed E-state index contributed by atoms with van der Waals surface area (Å²) >= 11 is 12.2. The van der Waals surface area contributed by atoms with Gasteiger partial charge in [0, 0.05) is 23.7 Å². The van der Waals surface area contributed by atoms with E-state index >= 15 is 0 Å². The van der Waals surface area contributed by atoms with E-state index in [1.54, 1.807) is 36.4 Å². The highest BCUT2D eigenvalue weighted by Crippen LogP contribution is 2.31. The number of aromatic carboxylic acids is 1. The van der Waals surface area contributed by atoms with Crippen LogP contribution in [0.25, 0.3) is 11.0 Å². The topological polar surface area (TPSA) is 76.8 Å². The minimum Gasteiger partial charge on any atom is -0.487 e. The van der Waals surface area contributed by atoms with Crippen molar-refractivity contribution in [3.8, 4) is 5.75 Å². The molecule has 0 amide bonds. The van der Waals surface area contributed by atoms with Gasteiger partial charge in [-0.3, -0.25) is 4.90 Å². The van der Waals surface area contributed by atoms with Gasteiger partial charge in [-0.15, -0.1) is 0 Å². The number of rotatable bonds is 10. The van der Waals surface area contributed by atoms with Crippen molar-refractivity contribution >= 4 is 50.4 Å². The maximum absolute atomic E-state index is 14.6. The van der Waals surface area contributed by atoms with Gasteiger partial charge in [-0.25, -0.2) is 14.2 Å². The van der Waals surface area contributed by atoms with Gasteiger partial charge in [-0.1, -0.05) is 29.3 Å². The van der Waals surface area contributed by atoms with Crippen LogP contribution in [0.2, 0.25) is 10.0 Å². The Hall–Kier alpha value is -2.95. The molecule has 0 spiro atoms. The number of piperidine rings is 1. The summed E-state index contributed by atoms with van der Waals surface area (Å²) in [5.41, 5.74) is 3.39. The van der Waals surface area contributed by atoms with Crippen molar-refractivity contribution in [2.24, 2.45) is 5.92 Å². The number of hydrogen-bond acceptors (Lipinski definition) is 5. The third kappa shape index (κ3) is 6.91. The van der Waals surface area contributed by atoms with Crippen molar-refractivity contribution in [1.82, 2.24) is 14.5 Å². The summed E-state index contributed by atoms with van der Waals surface area (Å²) in [5.74, 6) is 0.572. The van der Waals surface area contributed by atoms with Crippen LogP contribution < -0.4 is 4.74 Å². The van der Waals surface area contributed by atoms with Crippen molar-refractivity contribution < 1.29 is 23.8 Å². The standard InChI is InChI=1S/C32H31Cl2FN3O4Si/c33-24-3-6-29(25(34)16-24)41-18-23-14-21(1-4-26(23)35)13-20-7-10-37(11-8-20)17-30-36-27-5-2-22(31(39)40)15-28(27)38(30)19-32(43)9-12-42-32/h1-6,14-16,20H,7-13,17-19H2,(H,39,40)/t32-/m1/s1. The maximum Gasteiger partial charge on any atom is 0.335 e. The Bertz CT molecular complexity index is 1650. The van der Waals surface area contributed by atoms with Gasteiger partial charge >= 0.3 is 5.97 Å². The summed E-state index contributed by atoms with van der Waals surface area (Å²) in [6.45, 7) is 3.81. The fourth-order valence-corrected chi connectivity index (χ4v) is 6.65. The van der Waals surface area contributed by atoms with Gasteiger partial charge in [-0.05, 0) is 98.8 Å². The molecule has 1 N–H and O–H groups in total. The fourth-order valence-electron chi connectivity index (χ4n) is 5.83. The molecule has 3 aromatic carbocycles. The summed E-state index contributed by atoms with van der Waals surface area (Å²) in [6.07, 6.45) is 3.76. The normalized spacial score (nSPS) is 19.4. The van der Waals surface area contributed by atoms with E-state index in [1.165, 1.54) is 6.07 Å². The van der Waals surface area contributed by atoms with Crippen LogP contribution in [0.5, 0.6) is 5.75 Å². The zero-order valence-electron chi connectivity index (χ0n) is 23.5. The van der Waals surface area contributed by atoms with E-state index in [1.807, 2.05) is 12.1 Å². The van der Waals surface area contributed by atoms with E-state index in [2.05, 4.69) is 19.7 Å². The molecule has 11 heteroatoms. The number of ether oxygens (including phenoxy) is 2. The molecule has 0 bridgehead atoms. The first-order chi connectivity index (χ1) is 20.7. The molecule has 2 fully saturated rings. The molecule has 2 aliphatic heterocycles. The van der Waals surface area contributed by atoms with E-state index in [0.29, 0.717) is 47.0 Å². The molecule has 4 aromatic rings. The van der Waals surface area contributed by atoms with Gasteiger partial charge in [0.1, 0.15) is 24.0 Å². The molecular formula is C32H31Cl2FN3O4Si. The molecule has 0 saturated carbocycles. The van der Waals surface area contributed by atoms with Crippen LogP contribution in [0.3, 0.4) is 0 Å². The summed E-state index contributed by atoms with van der Waals surface area (Å²) in [6, 6.07) is 15.3. The number of likely N-dealkylation sites (tertiary alicyclic amines) is 1. The summed E-state index contributed by atoms with van der Waals surface area (Å²) in [5, 5.41) is 9.98. The quantitative estimate of drug-likeness (QED) is 0.200. The average molecular weight is 640 g/mol. The Morgan fingerprint density at radius 3 is 2.63 bits per heavy atom. The van der Waals surface area contributed by atoms with Crippen molar-refractivity contribution in [2.45, 2.75) is 50.6 Å². The number of carboxylic acids is 1. The molecule has 1 aromatic heterocycles. The predicted molar refractivity (Wildman–Crippen MR) is 165 cm³/mol. The third-order valence-corrected chi connectivity index (χ3v) is 9.44. The van der Waals surface area contributed by atoms with Gasteiger partial charge in [0.2, 0.25) is 0 Å². The highest BCUT2D eigenvalue weighted by atomic mass is 35.5. The zero-order chi connectivity index (χ0) is 30.1. The second-order valence-corrected chi connectivity index (χ2v) is 13.2. The van der Waals surface area contributed by atoms with Gasteiger partial charge in [0.25, 0.3) is 0 Å². The van der Waals surface area contributed by atoms with E-state index in [4.69, 9.17) is 37.7 Å². The molecule has 3 radical (unpaired) electrons. The van der Waals surface area contributed by atoms with Crippen molar-refractivity contribution in [1.29, 1.82) is 0 Å². The molecule has 2 aliphatic rings. The number of carbonyl (C=O) groups is 1. The summed E-state index contributed by atoms with van der Waals surface area (Å²) in [4.78, 5) is 18.9. The highest BCUT2D eigenvalue weighted by Gasteiger charge is 2.35. The number of nitrogens with zero attached hydrogens (tertiary/aromatic N) is 3. The Morgan fingerprint density at radius 2 is 1.93 bits per heavy atom. The second-order valence-electron chi connectivity index (χ2n) is 11.4. The van der Waals surface area contributed by atoms with Crippen LogP contribution in [0, 0.1) is 11.7 Å². The number of carboxylic acid groups (broad SMARTS) is 1. The molecule has 0 unspecified atom stereocenters. The lowest BCUT2D eigenvalue weighted by atomic mass is 9.89. The maximum atomic E-state index is 14.6. The average Bonchev–Trinajstić information content (AvgIpc) is 3.29. The molecule has 43 heavy (non-hydrogen) atoms. The van der Waals surface area contributed by atoms with Crippen LogP contribution in [-0.2, 0) is 30.9 Å². The summed E-state index contributed by atoms with van der Waals surface area (Å²) < 4.78 is 28.3. The summed E-state index contributed by atoms with van der Waals surface area (Å²) in [7, 11) is 3.78. The monoisotopic (exact) mass is 638 g/mol. The first kappa shape index (κ1) is 30.1. The van der Waals surface area contributed by atoms with Crippen LogP contribution in [0.15, 0.2) is 54.6 Å². The Balaban J connectivity index is 1.09. The number of fused-ring (bicyclic) bond motifs is 1. The molecule has 223 valence electrons. The Kier molecular flexibility index (Phi) is 8.80. The molecule has 3 heterocycles. The van der Waals surface area contributed by atoms with Crippen molar-refractivity contribution in [3.63, 3.8) is 0 Å². The number of hydrogen-bond donors (Lipinski definition) is 1. The molecule has 6 rings (SSSR count). The third-order valence-electron chi connectivity index (χ3n) is 8.36. The molecular weight excluding hydrogens is 608 g/mol. The first-order valence-corrected chi connectivity index (χ1v) is 15.6. The van der Waals surface area contributed by atoms with Crippen LogP contribution >= 0.6 is 23.2 Å². The Morgan fingerprint density at radius 1 is 1.14 bits per heavy atom. The lowest BCUT2D eigenvalue weighted by molar-refractivity contribution is -0.0947. The molecule has 7 nitrogen and oxygen atoms in total. The largest absolute Gasteiger partial charge is 0.487 e. The van der Waals surface area contributed by atoms with Crippen LogP contribution in [0.4, 0.5) is 4.39 Å². The van der Waals surface area contributed by atoms with Gasteiger partial charge in [0.05, 0.1) is 43.6 Å². The number of imidazole rings is 1. The van der Waals surface area contributed by atoms with Crippen LogP contribution in [-0.4, -0.2) is 60.7 Å². The smallest absolute Gasteiger partial charge is 0.335 e. The predicted octanol–water partition coefficient (Wildman–Crippen LogP) is 6.50. The van der Waals surface area contributed by atoms with Crippen molar-refractivity contribution in [3.05, 3.63) is 93.0 Å². The van der Waals surface area contributed by atoms with Gasteiger partial charge in [0.15, 0.2) is 0 Å². The molecule has 2 saturated heterocycles. The fraction of sp³-hybridized carbons (Fsp3) is 0.375. The zero-order valence-corrected chi connectivity index (χ0v) is 26.0. The van der Waals surface area contributed by atoms with E-state index < -0.39 is 11.2 Å².